The molecule has 0 radical (unpaired) electrons. The minimum Gasteiger partial charge on any atom is -0.480 e. The van der Waals surface area contributed by atoms with Crippen LogP contribution >= 0.6 is 19.1 Å². The number of thiophene rings is 1. The molecule has 1 unspecified atom stereocenters. The minimum atomic E-state index is -4.45. The number of rotatable bonds is 13. The van der Waals surface area contributed by atoms with Crippen LogP contribution in [0.4, 0.5) is 0 Å². The maximum Gasteiger partial charge on any atom is 0.405 e. The molecule has 0 spiro atoms. The van der Waals surface area contributed by atoms with Crippen molar-refractivity contribution in [3.05, 3.63) is 46.7 Å². The first-order valence-electron chi connectivity index (χ1n) is 10.6. The first-order valence-corrected chi connectivity index (χ1v) is 13.1. The van der Waals surface area contributed by atoms with Crippen molar-refractivity contribution in [3.63, 3.8) is 0 Å². The molecular formula is C22H30N3O7PS. The molecular weight excluding hydrogens is 481 g/mol. The quantitative estimate of drug-likeness (QED) is 0.203. The summed E-state index contributed by atoms with van der Waals surface area (Å²) in [5.74, 6) is -2.48. The normalized spacial score (nSPS) is 14.7. The summed E-state index contributed by atoms with van der Waals surface area (Å²) < 4.78 is 17.1. The number of carbonyl (C=O) groups is 3. The van der Waals surface area contributed by atoms with Gasteiger partial charge in [0.15, 0.2) is 0 Å². The molecule has 12 heteroatoms. The topological polar surface area (TPSA) is 154 Å². The molecule has 2 aromatic rings. The number of amides is 2. The number of aliphatic carboxylic acids is 1. The number of nitrogens with one attached hydrogen (secondary N) is 3. The zero-order valence-corrected chi connectivity index (χ0v) is 20.9. The Morgan fingerprint density at radius 3 is 2.29 bits per heavy atom. The molecule has 2 rings (SSSR count). The van der Waals surface area contributed by atoms with Gasteiger partial charge in [-0.2, -0.15) is 11.3 Å². The molecule has 0 bridgehead atoms. The first kappa shape index (κ1) is 27.7. The maximum atomic E-state index is 12.9. The average molecular weight is 512 g/mol. The van der Waals surface area contributed by atoms with Crippen LogP contribution in [0.15, 0.2) is 41.1 Å². The van der Waals surface area contributed by atoms with Crippen molar-refractivity contribution in [3.8, 4) is 11.1 Å². The van der Waals surface area contributed by atoms with E-state index >= 15 is 0 Å². The molecule has 10 nitrogen and oxygen atoms in total. The van der Waals surface area contributed by atoms with E-state index in [-0.39, 0.29) is 18.8 Å². The largest absolute Gasteiger partial charge is 0.480 e. The fourth-order valence-electron chi connectivity index (χ4n) is 3.12. The van der Waals surface area contributed by atoms with Gasteiger partial charge < -0.3 is 20.6 Å². The van der Waals surface area contributed by atoms with Gasteiger partial charge in [-0.3, -0.25) is 14.1 Å². The van der Waals surface area contributed by atoms with E-state index in [0.29, 0.717) is 5.56 Å². The van der Waals surface area contributed by atoms with E-state index in [1.165, 1.54) is 6.92 Å². The monoisotopic (exact) mass is 511 g/mol. The lowest BCUT2D eigenvalue weighted by molar-refractivity contribution is -0.142. The van der Waals surface area contributed by atoms with Crippen LogP contribution in [0.25, 0.3) is 11.1 Å². The standard InChI is InChI=1S/C22H30N3O7PS/c1-14(2)10-19(25-33(30,31)32-13-23-15(3)26)21(27)24-20(22(28)29)11-16-4-6-17(7-5-16)18-8-9-34-12-18/h4-9,12,14,19-20H,10-11,13H2,1-3H3,(H,23,26)(H,24,27)(H,28,29)(H2,25,30,31)/t19-,20-/m0/s1. The van der Waals surface area contributed by atoms with Crippen molar-refractivity contribution in [1.82, 2.24) is 15.7 Å². The summed E-state index contributed by atoms with van der Waals surface area (Å²) in [7, 11) is -4.45. The lowest BCUT2D eigenvalue weighted by atomic mass is 10.0. The molecule has 0 saturated carbocycles. The third-order valence-corrected chi connectivity index (χ3v) is 6.57. The molecule has 34 heavy (non-hydrogen) atoms. The molecule has 0 aliphatic rings. The zero-order chi connectivity index (χ0) is 25.3. The van der Waals surface area contributed by atoms with E-state index in [1.807, 2.05) is 42.8 Å². The van der Waals surface area contributed by atoms with Gasteiger partial charge in [0.1, 0.15) is 12.8 Å². The van der Waals surface area contributed by atoms with Gasteiger partial charge in [0.25, 0.3) is 0 Å². The van der Waals surface area contributed by atoms with Crippen molar-refractivity contribution >= 4 is 36.9 Å². The summed E-state index contributed by atoms with van der Waals surface area (Å²) in [5.41, 5.74) is 2.78. The van der Waals surface area contributed by atoms with Crippen LogP contribution in [-0.2, 0) is 29.9 Å². The van der Waals surface area contributed by atoms with Gasteiger partial charge in [0.05, 0.1) is 6.04 Å². The predicted octanol–water partition coefficient (Wildman–Crippen LogP) is 2.74. The van der Waals surface area contributed by atoms with E-state index in [4.69, 9.17) is 4.52 Å². The van der Waals surface area contributed by atoms with Gasteiger partial charge in [-0.15, -0.1) is 0 Å². The summed E-state index contributed by atoms with van der Waals surface area (Å²) in [4.78, 5) is 45.6. The highest BCUT2D eigenvalue weighted by molar-refractivity contribution is 7.50. The summed E-state index contributed by atoms with van der Waals surface area (Å²) in [6, 6.07) is 6.94. The Morgan fingerprint density at radius 1 is 1.09 bits per heavy atom. The van der Waals surface area contributed by atoms with Gasteiger partial charge in [-0.1, -0.05) is 38.1 Å². The van der Waals surface area contributed by atoms with E-state index < -0.39 is 44.3 Å². The van der Waals surface area contributed by atoms with Crippen LogP contribution in [0, 0.1) is 5.92 Å². The Bertz CT molecular complexity index is 1010. The summed E-state index contributed by atoms with van der Waals surface area (Å²) in [6.45, 7) is 4.32. The fraction of sp³-hybridized carbons (Fsp3) is 0.409. The SMILES string of the molecule is CC(=O)NCOP(=O)(O)N[C@@H](CC(C)C)C(=O)N[C@@H](Cc1ccc(-c2ccsc2)cc1)C(=O)O. The van der Waals surface area contributed by atoms with Gasteiger partial charge in [0.2, 0.25) is 11.8 Å². The molecule has 2 amide bonds. The first-order chi connectivity index (χ1) is 16.0. The second-order valence-corrected chi connectivity index (χ2v) is 10.5. The van der Waals surface area contributed by atoms with Crippen LogP contribution in [0.1, 0.15) is 32.8 Å². The smallest absolute Gasteiger partial charge is 0.405 e. The highest BCUT2D eigenvalue weighted by Gasteiger charge is 2.32. The van der Waals surface area contributed by atoms with Crippen LogP contribution in [0.5, 0.6) is 0 Å². The van der Waals surface area contributed by atoms with Crippen LogP contribution in [0.3, 0.4) is 0 Å². The molecule has 0 saturated heterocycles. The number of carboxylic acids is 1. The highest BCUT2D eigenvalue weighted by atomic mass is 32.1. The van der Waals surface area contributed by atoms with Gasteiger partial charge in [0, 0.05) is 13.3 Å². The number of hydrogen-bond donors (Lipinski definition) is 5. The number of carbonyl (C=O) groups excluding carboxylic acids is 2. The fourth-order valence-corrected chi connectivity index (χ4v) is 4.71. The van der Waals surface area contributed by atoms with Crippen molar-refractivity contribution in [2.75, 3.05) is 6.73 Å². The molecule has 186 valence electrons. The van der Waals surface area contributed by atoms with Crippen LogP contribution in [-0.4, -0.2) is 46.6 Å². The zero-order valence-electron chi connectivity index (χ0n) is 19.2. The summed E-state index contributed by atoms with van der Waals surface area (Å²) in [6.07, 6.45) is 0.191. The van der Waals surface area contributed by atoms with Gasteiger partial charge in [-0.25, -0.2) is 14.4 Å². The van der Waals surface area contributed by atoms with Crippen molar-refractivity contribution in [1.29, 1.82) is 0 Å². The average Bonchev–Trinajstić information content (AvgIpc) is 3.27. The van der Waals surface area contributed by atoms with Gasteiger partial charge in [-0.05, 0) is 45.9 Å². The van der Waals surface area contributed by atoms with Crippen molar-refractivity contribution in [2.24, 2.45) is 5.92 Å². The second kappa shape index (κ2) is 12.8. The molecule has 5 N–H and O–H groups in total. The molecule has 1 aromatic carbocycles. The Balaban J connectivity index is 2.06. The third kappa shape index (κ3) is 9.36. The highest BCUT2D eigenvalue weighted by Crippen LogP contribution is 2.37. The summed E-state index contributed by atoms with van der Waals surface area (Å²) in [5, 5.41) is 20.6. The minimum absolute atomic E-state index is 0.0369. The number of carboxylic acid groups (broad SMARTS) is 1. The maximum absolute atomic E-state index is 12.9. The van der Waals surface area contributed by atoms with Crippen LogP contribution < -0.4 is 15.7 Å². The lowest BCUT2D eigenvalue weighted by Gasteiger charge is -2.24. The molecule has 0 aliphatic carbocycles. The molecule has 0 aliphatic heterocycles. The summed E-state index contributed by atoms with van der Waals surface area (Å²) >= 11 is 1.58. The Morgan fingerprint density at radius 2 is 1.76 bits per heavy atom. The van der Waals surface area contributed by atoms with Crippen molar-refractivity contribution in [2.45, 2.75) is 45.7 Å². The molecule has 1 aromatic heterocycles. The molecule has 1 heterocycles. The van der Waals surface area contributed by atoms with E-state index in [1.54, 1.807) is 23.5 Å². The van der Waals surface area contributed by atoms with E-state index in [0.717, 1.165) is 11.1 Å². The third-order valence-electron chi connectivity index (χ3n) is 4.77. The second-order valence-electron chi connectivity index (χ2n) is 8.15. The van der Waals surface area contributed by atoms with Crippen LogP contribution in [0.2, 0.25) is 0 Å². The lowest BCUT2D eigenvalue weighted by Crippen LogP contribution is -2.50. The Kier molecular flexibility index (Phi) is 10.4. The van der Waals surface area contributed by atoms with Crippen molar-refractivity contribution < 1.29 is 33.5 Å². The predicted molar refractivity (Wildman–Crippen MR) is 129 cm³/mol. The Labute approximate surface area is 202 Å². The van der Waals surface area contributed by atoms with Gasteiger partial charge >= 0.3 is 13.7 Å². The van der Waals surface area contributed by atoms with E-state index in [2.05, 4.69) is 15.7 Å². The molecule has 0 fully saturated rings. The molecule has 3 atom stereocenters. The van der Waals surface area contributed by atoms with E-state index in [9.17, 15) is 28.9 Å². The number of hydrogen-bond acceptors (Lipinski definition) is 6. The number of benzene rings is 1. The Hall–Kier alpha value is -2.56.